The lowest BCUT2D eigenvalue weighted by molar-refractivity contribution is 0.471. The minimum atomic E-state index is 0.606. The second kappa shape index (κ2) is 6.58. The zero-order chi connectivity index (χ0) is 15.5. The zero-order valence-corrected chi connectivity index (χ0v) is 14.0. The maximum absolute atomic E-state index is 9.21. The van der Waals surface area contributed by atoms with Crippen molar-refractivity contribution in [2.45, 2.75) is 56.5 Å². The summed E-state index contributed by atoms with van der Waals surface area (Å²) in [5, 5.41) is 10.3. The van der Waals surface area contributed by atoms with Gasteiger partial charge in [0.25, 0.3) is 0 Å². The first-order valence-electron chi connectivity index (χ1n) is 7.87. The lowest BCUT2D eigenvalue weighted by atomic mass is 10.1. The van der Waals surface area contributed by atoms with Gasteiger partial charge >= 0.3 is 0 Å². The van der Waals surface area contributed by atoms with E-state index in [2.05, 4.69) is 24.5 Å². The molecule has 0 amide bonds. The number of nitrogens with zero attached hydrogens (tertiary/aromatic N) is 3. The summed E-state index contributed by atoms with van der Waals surface area (Å²) < 4.78 is 2.43. The van der Waals surface area contributed by atoms with Crippen LogP contribution < -0.4 is 0 Å². The van der Waals surface area contributed by atoms with E-state index in [0.717, 1.165) is 27.7 Å². The van der Waals surface area contributed by atoms with Crippen LogP contribution in [0.3, 0.4) is 0 Å². The molecule has 3 nitrogen and oxygen atoms in total. The predicted octanol–water partition coefficient (Wildman–Crippen LogP) is 4.78. The summed E-state index contributed by atoms with van der Waals surface area (Å²) in [5.41, 5.74) is 4.28. The highest BCUT2D eigenvalue weighted by Gasteiger charge is 2.23. The van der Waals surface area contributed by atoms with Crippen LogP contribution in [0.4, 0.5) is 0 Å². The molecule has 114 valence electrons. The van der Waals surface area contributed by atoms with Crippen LogP contribution in [0, 0.1) is 25.2 Å². The average Bonchev–Trinajstić information content (AvgIpc) is 3.14. The third-order valence-electron chi connectivity index (χ3n) is 4.54. The van der Waals surface area contributed by atoms with Gasteiger partial charge in [-0.1, -0.05) is 42.8 Å². The molecule has 3 rings (SSSR count). The molecular weight excluding hydrogens is 290 g/mol. The molecule has 0 aliphatic heterocycles. The van der Waals surface area contributed by atoms with Crippen LogP contribution in [-0.2, 0) is 5.75 Å². The number of aromatic nitrogens is 2. The molecule has 0 bridgehead atoms. The SMILES string of the molecule is Cc1nc(SCc2ccccc2C#N)n(C2CCCC2)c1C. The van der Waals surface area contributed by atoms with Crippen LogP contribution in [0.15, 0.2) is 29.4 Å². The first-order chi connectivity index (χ1) is 10.7. The molecule has 1 aliphatic carbocycles. The van der Waals surface area contributed by atoms with E-state index in [1.165, 1.54) is 31.4 Å². The molecule has 1 aliphatic rings. The Morgan fingerprint density at radius 2 is 2.00 bits per heavy atom. The summed E-state index contributed by atoms with van der Waals surface area (Å²) in [4.78, 5) is 4.77. The highest BCUT2D eigenvalue weighted by atomic mass is 32.2. The van der Waals surface area contributed by atoms with E-state index in [9.17, 15) is 5.26 Å². The lowest BCUT2D eigenvalue weighted by Gasteiger charge is -2.17. The Morgan fingerprint density at radius 1 is 1.27 bits per heavy atom. The monoisotopic (exact) mass is 311 g/mol. The Bertz CT molecular complexity index is 706. The number of rotatable bonds is 4. The van der Waals surface area contributed by atoms with Crippen molar-refractivity contribution in [1.29, 1.82) is 5.26 Å². The number of benzene rings is 1. The Hall–Kier alpha value is -1.73. The Balaban J connectivity index is 1.83. The van der Waals surface area contributed by atoms with Gasteiger partial charge in [-0.25, -0.2) is 4.98 Å². The molecule has 0 N–H and O–H groups in total. The van der Waals surface area contributed by atoms with Gasteiger partial charge in [-0.15, -0.1) is 0 Å². The minimum absolute atomic E-state index is 0.606. The van der Waals surface area contributed by atoms with Gasteiger partial charge in [0.15, 0.2) is 5.16 Å². The molecule has 1 fully saturated rings. The second-order valence-electron chi connectivity index (χ2n) is 5.93. The molecule has 22 heavy (non-hydrogen) atoms. The topological polar surface area (TPSA) is 41.6 Å². The van der Waals surface area contributed by atoms with Crippen LogP contribution in [0.1, 0.15) is 54.2 Å². The number of nitriles is 1. The molecule has 0 saturated heterocycles. The van der Waals surface area contributed by atoms with Crippen molar-refractivity contribution in [3.8, 4) is 6.07 Å². The third kappa shape index (κ3) is 2.91. The normalized spacial score (nSPS) is 15.1. The van der Waals surface area contributed by atoms with E-state index in [1.54, 1.807) is 11.8 Å². The molecule has 0 unspecified atom stereocenters. The van der Waals surface area contributed by atoms with Crippen molar-refractivity contribution in [3.05, 3.63) is 46.8 Å². The Kier molecular flexibility index (Phi) is 4.54. The van der Waals surface area contributed by atoms with Gasteiger partial charge in [0.2, 0.25) is 0 Å². The Labute approximate surface area is 136 Å². The van der Waals surface area contributed by atoms with Crippen LogP contribution >= 0.6 is 11.8 Å². The minimum Gasteiger partial charge on any atom is -0.320 e. The van der Waals surface area contributed by atoms with Crippen LogP contribution in [-0.4, -0.2) is 9.55 Å². The quantitative estimate of drug-likeness (QED) is 0.763. The van der Waals surface area contributed by atoms with E-state index in [4.69, 9.17) is 4.98 Å². The number of imidazole rings is 1. The van der Waals surface area contributed by atoms with E-state index in [1.807, 2.05) is 24.3 Å². The highest BCUT2D eigenvalue weighted by molar-refractivity contribution is 7.98. The molecule has 1 aromatic heterocycles. The van der Waals surface area contributed by atoms with Crippen LogP contribution in [0.2, 0.25) is 0 Å². The second-order valence-corrected chi connectivity index (χ2v) is 6.87. The number of hydrogen-bond acceptors (Lipinski definition) is 3. The number of thioether (sulfide) groups is 1. The van der Waals surface area contributed by atoms with Gasteiger partial charge in [0, 0.05) is 17.5 Å². The first-order valence-corrected chi connectivity index (χ1v) is 8.85. The van der Waals surface area contributed by atoms with Gasteiger partial charge in [0.05, 0.1) is 17.3 Å². The van der Waals surface area contributed by atoms with E-state index < -0.39 is 0 Å². The first kappa shape index (κ1) is 15.2. The molecule has 2 aromatic rings. The molecule has 4 heteroatoms. The standard InChI is InChI=1S/C18H21N3S/c1-13-14(2)21(17-9-5-6-10-17)18(20-13)22-12-16-8-4-3-7-15(16)11-19/h3-4,7-8,17H,5-6,9-10,12H2,1-2H3. The van der Waals surface area contributed by atoms with E-state index in [0.29, 0.717) is 6.04 Å². The fraction of sp³-hybridized carbons (Fsp3) is 0.444. The molecule has 0 radical (unpaired) electrons. The summed E-state index contributed by atoms with van der Waals surface area (Å²) >= 11 is 1.75. The molecule has 0 spiro atoms. The third-order valence-corrected chi connectivity index (χ3v) is 5.54. The van der Waals surface area contributed by atoms with Gasteiger partial charge in [-0.2, -0.15) is 5.26 Å². The fourth-order valence-electron chi connectivity index (χ4n) is 3.19. The van der Waals surface area contributed by atoms with Crippen molar-refractivity contribution in [3.63, 3.8) is 0 Å². The van der Waals surface area contributed by atoms with Crippen molar-refractivity contribution >= 4 is 11.8 Å². The van der Waals surface area contributed by atoms with Crippen molar-refractivity contribution in [2.24, 2.45) is 0 Å². The zero-order valence-electron chi connectivity index (χ0n) is 13.2. The summed E-state index contributed by atoms with van der Waals surface area (Å²) in [7, 11) is 0. The summed E-state index contributed by atoms with van der Waals surface area (Å²) in [6, 6.07) is 10.7. The van der Waals surface area contributed by atoms with Gasteiger partial charge in [0.1, 0.15) is 0 Å². The summed E-state index contributed by atoms with van der Waals surface area (Å²) in [6.45, 7) is 4.27. The van der Waals surface area contributed by atoms with Crippen LogP contribution in [0.5, 0.6) is 0 Å². The Morgan fingerprint density at radius 3 is 2.73 bits per heavy atom. The number of hydrogen-bond donors (Lipinski definition) is 0. The maximum Gasteiger partial charge on any atom is 0.169 e. The maximum atomic E-state index is 9.21. The summed E-state index contributed by atoms with van der Waals surface area (Å²) in [5.74, 6) is 0.798. The van der Waals surface area contributed by atoms with Gasteiger partial charge in [-0.05, 0) is 38.3 Å². The van der Waals surface area contributed by atoms with E-state index in [-0.39, 0.29) is 0 Å². The van der Waals surface area contributed by atoms with Crippen molar-refractivity contribution in [1.82, 2.24) is 9.55 Å². The molecule has 1 saturated carbocycles. The van der Waals surface area contributed by atoms with Crippen LogP contribution in [0.25, 0.3) is 0 Å². The molecule has 1 aromatic carbocycles. The average molecular weight is 311 g/mol. The largest absolute Gasteiger partial charge is 0.320 e. The van der Waals surface area contributed by atoms with E-state index >= 15 is 0 Å². The fourth-order valence-corrected chi connectivity index (χ4v) is 4.35. The van der Waals surface area contributed by atoms with Gasteiger partial charge < -0.3 is 4.57 Å². The number of aryl methyl sites for hydroxylation is 1. The van der Waals surface area contributed by atoms with Gasteiger partial charge in [-0.3, -0.25) is 0 Å². The highest BCUT2D eigenvalue weighted by Crippen LogP contribution is 2.36. The lowest BCUT2D eigenvalue weighted by Crippen LogP contribution is -2.08. The predicted molar refractivity (Wildman–Crippen MR) is 89.9 cm³/mol. The smallest absolute Gasteiger partial charge is 0.169 e. The van der Waals surface area contributed by atoms with Crippen molar-refractivity contribution in [2.75, 3.05) is 0 Å². The molecule has 0 atom stereocenters. The molecular formula is C18H21N3S. The molecule has 1 heterocycles. The summed E-state index contributed by atoms with van der Waals surface area (Å²) in [6.07, 6.45) is 5.17. The van der Waals surface area contributed by atoms with Crippen molar-refractivity contribution < 1.29 is 0 Å².